The Kier molecular flexibility index (Phi) is 6.93. The molecule has 0 aromatic heterocycles. The fourth-order valence-corrected chi connectivity index (χ4v) is 2.46. The number of rotatable bonds is 5. The first-order valence-corrected chi connectivity index (χ1v) is 8.88. The molecule has 0 bridgehead atoms. The van der Waals surface area contributed by atoms with Gasteiger partial charge in [-0.2, -0.15) is 0 Å². The van der Waals surface area contributed by atoms with Gasteiger partial charge in [-0.3, -0.25) is 9.79 Å². The van der Waals surface area contributed by atoms with Crippen LogP contribution in [-0.4, -0.2) is 24.5 Å². The predicted molar refractivity (Wildman–Crippen MR) is 107 cm³/mol. The summed E-state index contributed by atoms with van der Waals surface area (Å²) in [6.07, 6.45) is 0. The van der Waals surface area contributed by atoms with Crippen LogP contribution >= 0.6 is 0 Å². The second-order valence-electron chi connectivity index (χ2n) is 7.28. The Morgan fingerprint density at radius 1 is 1.04 bits per heavy atom. The Bertz CT molecular complexity index is 812. The minimum Gasteiger partial charge on any atom is -0.352 e. The summed E-state index contributed by atoms with van der Waals surface area (Å²) >= 11 is 0. The maximum Gasteiger partial charge on any atom is 0.251 e. The van der Waals surface area contributed by atoms with E-state index in [1.54, 1.807) is 31.3 Å². The molecule has 0 heterocycles. The molecule has 0 atom stereocenters. The van der Waals surface area contributed by atoms with Crippen molar-refractivity contribution in [2.75, 3.05) is 7.05 Å². The maximum absolute atomic E-state index is 13.7. The van der Waals surface area contributed by atoms with Crippen molar-refractivity contribution in [2.45, 2.75) is 39.4 Å². The van der Waals surface area contributed by atoms with Crippen molar-refractivity contribution >= 4 is 11.9 Å². The van der Waals surface area contributed by atoms with Crippen molar-refractivity contribution in [3.05, 3.63) is 71.0 Å². The molecule has 0 aliphatic carbocycles. The summed E-state index contributed by atoms with van der Waals surface area (Å²) < 4.78 is 13.7. The third-order valence-corrected chi connectivity index (χ3v) is 3.77. The Morgan fingerprint density at radius 3 is 2.41 bits per heavy atom. The Hall–Kier alpha value is -2.89. The zero-order chi connectivity index (χ0) is 19.9. The number of hydrogen-bond donors (Lipinski definition) is 3. The first kappa shape index (κ1) is 20.4. The summed E-state index contributed by atoms with van der Waals surface area (Å²) in [4.78, 5) is 16.4. The summed E-state index contributed by atoms with van der Waals surface area (Å²) in [6, 6.07) is 14.0. The van der Waals surface area contributed by atoms with Gasteiger partial charge in [0.1, 0.15) is 5.82 Å². The van der Waals surface area contributed by atoms with E-state index in [1.165, 1.54) is 6.07 Å². The lowest BCUT2D eigenvalue weighted by Gasteiger charge is -2.20. The summed E-state index contributed by atoms with van der Waals surface area (Å²) in [7, 11) is 1.66. The first-order chi connectivity index (χ1) is 12.8. The van der Waals surface area contributed by atoms with Gasteiger partial charge in [-0.15, -0.1) is 0 Å². The largest absolute Gasteiger partial charge is 0.352 e. The topological polar surface area (TPSA) is 65.5 Å². The molecule has 2 rings (SSSR count). The number of aliphatic imine (C=N–C) groups is 1. The normalized spacial score (nSPS) is 11.8. The van der Waals surface area contributed by atoms with E-state index in [0.29, 0.717) is 30.2 Å². The second kappa shape index (κ2) is 9.16. The van der Waals surface area contributed by atoms with E-state index in [4.69, 9.17) is 0 Å². The lowest BCUT2D eigenvalue weighted by Crippen LogP contribution is -2.40. The molecule has 0 spiro atoms. The molecule has 0 saturated carbocycles. The number of carbonyl (C=O) groups excluding carboxylic acids is 1. The lowest BCUT2D eigenvalue weighted by molar-refractivity contribution is 0.0919. The Morgan fingerprint density at radius 2 is 1.74 bits per heavy atom. The molecule has 0 aliphatic heterocycles. The van der Waals surface area contributed by atoms with Gasteiger partial charge in [0, 0.05) is 36.8 Å². The number of amides is 1. The van der Waals surface area contributed by atoms with Crippen molar-refractivity contribution in [3.8, 4) is 0 Å². The molecule has 2 aromatic carbocycles. The second-order valence-corrected chi connectivity index (χ2v) is 7.28. The fourth-order valence-electron chi connectivity index (χ4n) is 2.46. The van der Waals surface area contributed by atoms with Gasteiger partial charge < -0.3 is 16.0 Å². The minimum absolute atomic E-state index is 0.105. The van der Waals surface area contributed by atoms with Crippen LogP contribution in [0.15, 0.2) is 53.5 Å². The molecular formula is C21H27FN4O. The Balaban J connectivity index is 1.93. The molecule has 0 aliphatic rings. The molecular weight excluding hydrogens is 343 g/mol. The highest BCUT2D eigenvalue weighted by Gasteiger charge is 2.15. The van der Waals surface area contributed by atoms with Crippen molar-refractivity contribution in [3.63, 3.8) is 0 Å². The van der Waals surface area contributed by atoms with Crippen molar-refractivity contribution in [1.82, 2.24) is 16.0 Å². The Labute approximate surface area is 160 Å². The van der Waals surface area contributed by atoms with E-state index in [-0.39, 0.29) is 17.3 Å². The average Bonchev–Trinajstić information content (AvgIpc) is 2.62. The first-order valence-electron chi connectivity index (χ1n) is 8.88. The van der Waals surface area contributed by atoms with Crippen LogP contribution in [0.1, 0.15) is 42.3 Å². The number of hydrogen-bond acceptors (Lipinski definition) is 2. The molecule has 0 fully saturated rings. The molecule has 5 nitrogen and oxygen atoms in total. The predicted octanol–water partition coefficient (Wildman–Crippen LogP) is 3.22. The highest BCUT2D eigenvalue weighted by molar-refractivity contribution is 5.94. The highest BCUT2D eigenvalue weighted by atomic mass is 19.1. The SMILES string of the molecule is CN=C(NCc1cccc(C(=O)NC(C)(C)C)c1)NCc1ccccc1F. The van der Waals surface area contributed by atoms with Gasteiger partial charge in [0.2, 0.25) is 0 Å². The van der Waals surface area contributed by atoms with Crippen LogP contribution in [0, 0.1) is 5.82 Å². The van der Waals surface area contributed by atoms with Gasteiger partial charge in [-0.05, 0) is 44.5 Å². The van der Waals surface area contributed by atoms with Crippen LogP contribution in [0.4, 0.5) is 4.39 Å². The molecule has 0 saturated heterocycles. The molecule has 6 heteroatoms. The van der Waals surface area contributed by atoms with Gasteiger partial charge in [0.15, 0.2) is 5.96 Å². The lowest BCUT2D eigenvalue weighted by atomic mass is 10.1. The number of guanidine groups is 1. The van der Waals surface area contributed by atoms with E-state index in [1.807, 2.05) is 39.0 Å². The quantitative estimate of drug-likeness (QED) is 0.559. The molecule has 1 amide bonds. The van der Waals surface area contributed by atoms with Crippen LogP contribution in [0.5, 0.6) is 0 Å². The zero-order valence-electron chi connectivity index (χ0n) is 16.3. The number of nitrogens with one attached hydrogen (secondary N) is 3. The van der Waals surface area contributed by atoms with Gasteiger partial charge in [-0.1, -0.05) is 30.3 Å². The minimum atomic E-state index is -0.288. The summed E-state index contributed by atoms with van der Waals surface area (Å²) in [5, 5.41) is 9.21. The standard InChI is InChI=1S/C21H27FN4O/c1-21(2,3)26-19(27)16-10-7-8-15(12-16)13-24-20(23-4)25-14-17-9-5-6-11-18(17)22/h5-12H,13-14H2,1-4H3,(H,26,27)(H2,23,24,25). The monoisotopic (exact) mass is 370 g/mol. The van der Waals surface area contributed by atoms with Crippen LogP contribution in [0.2, 0.25) is 0 Å². The third-order valence-electron chi connectivity index (χ3n) is 3.77. The van der Waals surface area contributed by atoms with E-state index >= 15 is 0 Å². The molecule has 3 N–H and O–H groups in total. The van der Waals surface area contributed by atoms with Gasteiger partial charge in [0.05, 0.1) is 0 Å². The van der Waals surface area contributed by atoms with Gasteiger partial charge >= 0.3 is 0 Å². The van der Waals surface area contributed by atoms with Crippen LogP contribution < -0.4 is 16.0 Å². The molecule has 144 valence electrons. The van der Waals surface area contributed by atoms with E-state index in [0.717, 1.165) is 5.56 Å². The van der Waals surface area contributed by atoms with E-state index < -0.39 is 0 Å². The van der Waals surface area contributed by atoms with E-state index in [2.05, 4.69) is 20.9 Å². The summed E-state index contributed by atoms with van der Waals surface area (Å²) in [6.45, 7) is 6.67. The zero-order valence-corrected chi connectivity index (χ0v) is 16.3. The molecule has 2 aromatic rings. The molecule has 0 unspecified atom stereocenters. The van der Waals surface area contributed by atoms with Crippen molar-refractivity contribution < 1.29 is 9.18 Å². The highest BCUT2D eigenvalue weighted by Crippen LogP contribution is 2.08. The number of carbonyl (C=O) groups is 1. The summed E-state index contributed by atoms with van der Waals surface area (Å²) in [5.41, 5.74) is 1.84. The maximum atomic E-state index is 13.7. The van der Waals surface area contributed by atoms with E-state index in [9.17, 15) is 9.18 Å². The van der Waals surface area contributed by atoms with Crippen LogP contribution in [0.25, 0.3) is 0 Å². The smallest absolute Gasteiger partial charge is 0.251 e. The van der Waals surface area contributed by atoms with Crippen LogP contribution in [0.3, 0.4) is 0 Å². The fraction of sp³-hybridized carbons (Fsp3) is 0.333. The number of halogens is 1. The molecule has 27 heavy (non-hydrogen) atoms. The van der Waals surface area contributed by atoms with Gasteiger partial charge in [0.25, 0.3) is 5.91 Å². The van der Waals surface area contributed by atoms with Crippen LogP contribution in [-0.2, 0) is 13.1 Å². The third kappa shape index (κ3) is 6.73. The summed E-state index contributed by atoms with van der Waals surface area (Å²) in [5.74, 6) is 0.201. The number of nitrogens with zero attached hydrogens (tertiary/aromatic N) is 1. The number of benzene rings is 2. The van der Waals surface area contributed by atoms with Crippen molar-refractivity contribution in [1.29, 1.82) is 0 Å². The van der Waals surface area contributed by atoms with Crippen molar-refractivity contribution in [2.24, 2.45) is 4.99 Å². The molecule has 0 radical (unpaired) electrons. The van der Waals surface area contributed by atoms with Gasteiger partial charge in [-0.25, -0.2) is 4.39 Å². The average molecular weight is 370 g/mol.